The monoisotopic (exact) mass is 195 g/mol. The lowest BCUT2D eigenvalue weighted by Crippen LogP contribution is -1.86. The average Bonchev–Trinajstić information content (AvgIpc) is 2.76. The van der Waals surface area contributed by atoms with Gasteiger partial charge in [0, 0.05) is 5.38 Å². The molecule has 2 aromatic rings. The van der Waals surface area contributed by atoms with Crippen molar-refractivity contribution in [3.05, 3.63) is 40.2 Å². The third-order valence-corrected chi connectivity index (χ3v) is 2.56. The van der Waals surface area contributed by atoms with Gasteiger partial charge in [-0.25, -0.2) is 4.98 Å². The van der Waals surface area contributed by atoms with Gasteiger partial charge in [-0.2, -0.15) is 0 Å². The number of aromatic nitrogens is 1. The SMILES string of the molecule is OCc1csc(Cc2ccco2)n1. The maximum Gasteiger partial charge on any atom is 0.110 e. The predicted octanol–water partition coefficient (Wildman–Crippen LogP) is 1.82. The first-order chi connectivity index (χ1) is 6.38. The molecule has 0 radical (unpaired) electrons. The summed E-state index contributed by atoms with van der Waals surface area (Å²) in [5.74, 6) is 0.902. The van der Waals surface area contributed by atoms with Crippen LogP contribution in [0.25, 0.3) is 0 Å². The number of hydrogen-bond donors (Lipinski definition) is 1. The van der Waals surface area contributed by atoms with Gasteiger partial charge in [0.2, 0.25) is 0 Å². The number of nitrogens with zero attached hydrogens (tertiary/aromatic N) is 1. The Bertz CT molecular complexity index is 367. The quantitative estimate of drug-likeness (QED) is 0.812. The summed E-state index contributed by atoms with van der Waals surface area (Å²) in [4.78, 5) is 4.21. The van der Waals surface area contributed by atoms with Crippen LogP contribution in [0.4, 0.5) is 0 Å². The van der Waals surface area contributed by atoms with E-state index in [1.807, 2.05) is 17.5 Å². The lowest BCUT2D eigenvalue weighted by molar-refractivity contribution is 0.277. The largest absolute Gasteiger partial charge is 0.469 e. The Kier molecular flexibility index (Phi) is 2.42. The molecule has 68 valence electrons. The lowest BCUT2D eigenvalue weighted by atomic mass is 10.3. The summed E-state index contributed by atoms with van der Waals surface area (Å²) < 4.78 is 5.18. The minimum absolute atomic E-state index is 0.00859. The van der Waals surface area contributed by atoms with E-state index in [2.05, 4.69) is 4.98 Å². The minimum Gasteiger partial charge on any atom is -0.469 e. The van der Waals surface area contributed by atoms with E-state index < -0.39 is 0 Å². The molecule has 0 aliphatic rings. The highest BCUT2D eigenvalue weighted by Gasteiger charge is 2.03. The van der Waals surface area contributed by atoms with Gasteiger partial charge in [0.05, 0.1) is 25.0 Å². The second-order valence-electron chi connectivity index (χ2n) is 2.65. The van der Waals surface area contributed by atoms with Crippen LogP contribution in [0.1, 0.15) is 16.5 Å². The van der Waals surface area contributed by atoms with E-state index >= 15 is 0 Å². The highest BCUT2D eigenvalue weighted by Crippen LogP contribution is 2.14. The topological polar surface area (TPSA) is 46.3 Å². The van der Waals surface area contributed by atoms with Crippen molar-refractivity contribution in [3.63, 3.8) is 0 Å². The summed E-state index contributed by atoms with van der Waals surface area (Å²) >= 11 is 1.54. The molecule has 0 amide bonds. The molecule has 0 bridgehead atoms. The summed E-state index contributed by atoms with van der Waals surface area (Å²) in [5, 5.41) is 11.6. The van der Waals surface area contributed by atoms with Crippen LogP contribution in [0.5, 0.6) is 0 Å². The van der Waals surface area contributed by atoms with E-state index in [1.165, 1.54) is 0 Å². The Morgan fingerprint density at radius 3 is 3.08 bits per heavy atom. The molecule has 2 rings (SSSR count). The molecular weight excluding hydrogens is 186 g/mol. The zero-order valence-electron chi connectivity index (χ0n) is 6.93. The molecule has 4 heteroatoms. The van der Waals surface area contributed by atoms with Gasteiger partial charge in [-0.1, -0.05) is 0 Å². The summed E-state index contributed by atoms with van der Waals surface area (Å²) in [6.07, 6.45) is 2.35. The average molecular weight is 195 g/mol. The standard InChI is InChI=1S/C9H9NO2S/c11-5-7-6-13-9(10-7)4-8-2-1-3-12-8/h1-3,6,11H,4-5H2. The van der Waals surface area contributed by atoms with Gasteiger partial charge in [0.25, 0.3) is 0 Å². The molecule has 3 nitrogen and oxygen atoms in total. The third kappa shape index (κ3) is 1.96. The van der Waals surface area contributed by atoms with Crippen LogP contribution in [0.15, 0.2) is 28.2 Å². The number of thiazole rings is 1. The van der Waals surface area contributed by atoms with E-state index in [1.54, 1.807) is 17.6 Å². The number of furan rings is 1. The Hall–Kier alpha value is -1.13. The molecule has 0 aliphatic heterocycles. The summed E-state index contributed by atoms with van der Waals surface area (Å²) in [6, 6.07) is 3.77. The van der Waals surface area contributed by atoms with Crippen LogP contribution in [0.2, 0.25) is 0 Å². The molecule has 0 saturated carbocycles. The van der Waals surface area contributed by atoms with Crippen molar-refractivity contribution < 1.29 is 9.52 Å². The van der Waals surface area contributed by atoms with Crippen molar-refractivity contribution in [2.24, 2.45) is 0 Å². The van der Waals surface area contributed by atoms with Gasteiger partial charge in [-0.15, -0.1) is 11.3 Å². The van der Waals surface area contributed by atoms with E-state index in [9.17, 15) is 0 Å². The van der Waals surface area contributed by atoms with E-state index in [0.717, 1.165) is 16.5 Å². The van der Waals surface area contributed by atoms with Gasteiger partial charge in [0.1, 0.15) is 10.8 Å². The number of hydrogen-bond acceptors (Lipinski definition) is 4. The van der Waals surface area contributed by atoms with Crippen molar-refractivity contribution in [2.45, 2.75) is 13.0 Å². The van der Waals surface area contributed by atoms with Crippen molar-refractivity contribution in [2.75, 3.05) is 0 Å². The highest BCUT2D eigenvalue weighted by atomic mass is 32.1. The fourth-order valence-electron chi connectivity index (χ4n) is 1.06. The van der Waals surface area contributed by atoms with Crippen molar-refractivity contribution in [1.82, 2.24) is 4.98 Å². The molecule has 0 saturated heterocycles. The van der Waals surface area contributed by atoms with Gasteiger partial charge < -0.3 is 9.52 Å². The van der Waals surface area contributed by atoms with Crippen LogP contribution < -0.4 is 0 Å². The molecule has 1 N–H and O–H groups in total. The Morgan fingerprint density at radius 2 is 2.46 bits per heavy atom. The van der Waals surface area contributed by atoms with Crippen LogP contribution in [0, 0.1) is 0 Å². The zero-order chi connectivity index (χ0) is 9.10. The molecule has 13 heavy (non-hydrogen) atoms. The Morgan fingerprint density at radius 1 is 1.54 bits per heavy atom. The maximum absolute atomic E-state index is 8.80. The maximum atomic E-state index is 8.80. The van der Waals surface area contributed by atoms with Crippen molar-refractivity contribution in [1.29, 1.82) is 0 Å². The molecule has 0 unspecified atom stereocenters. The van der Waals surface area contributed by atoms with E-state index in [4.69, 9.17) is 9.52 Å². The molecular formula is C9H9NO2S. The molecule has 0 aromatic carbocycles. The van der Waals surface area contributed by atoms with Crippen LogP contribution in [-0.2, 0) is 13.0 Å². The Labute approximate surface area is 79.7 Å². The molecule has 2 heterocycles. The second kappa shape index (κ2) is 3.72. The van der Waals surface area contributed by atoms with E-state index in [-0.39, 0.29) is 6.61 Å². The highest BCUT2D eigenvalue weighted by molar-refractivity contribution is 7.09. The fourth-order valence-corrected chi connectivity index (χ4v) is 1.86. The second-order valence-corrected chi connectivity index (χ2v) is 3.59. The minimum atomic E-state index is 0.00859. The molecule has 0 atom stereocenters. The summed E-state index contributed by atoms with van der Waals surface area (Å²) in [5.41, 5.74) is 0.728. The number of aliphatic hydroxyl groups excluding tert-OH is 1. The molecule has 2 aromatic heterocycles. The van der Waals surface area contributed by atoms with Gasteiger partial charge in [0.15, 0.2) is 0 Å². The smallest absolute Gasteiger partial charge is 0.110 e. The first-order valence-electron chi connectivity index (χ1n) is 3.95. The normalized spacial score (nSPS) is 10.5. The first kappa shape index (κ1) is 8.47. The van der Waals surface area contributed by atoms with Crippen molar-refractivity contribution >= 4 is 11.3 Å². The van der Waals surface area contributed by atoms with Gasteiger partial charge in [-0.3, -0.25) is 0 Å². The molecule has 0 fully saturated rings. The van der Waals surface area contributed by atoms with E-state index in [0.29, 0.717) is 6.42 Å². The van der Waals surface area contributed by atoms with Gasteiger partial charge >= 0.3 is 0 Å². The number of rotatable bonds is 3. The number of aliphatic hydroxyl groups is 1. The van der Waals surface area contributed by atoms with Crippen LogP contribution in [-0.4, -0.2) is 10.1 Å². The molecule has 0 spiro atoms. The predicted molar refractivity (Wildman–Crippen MR) is 49.6 cm³/mol. The van der Waals surface area contributed by atoms with Crippen molar-refractivity contribution in [3.8, 4) is 0 Å². The lowest BCUT2D eigenvalue weighted by Gasteiger charge is -1.90. The third-order valence-electron chi connectivity index (χ3n) is 1.67. The summed E-state index contributed by atoms with van der Waals surface area (Å²) in [6.45, 7) is 0.00859. The van der Waals surface area contributed by atoms with Gasteiger partial charge in [-0.05, 0) is 12.1 Å². The van der Waals surface area contributed by atoms with Crippen LogP contribution in [0.3, 0.4) is 0 Å². The fraction of sp³-hybridized carbons (Fsp3) is 0.222. The molecule has 0 aliphatic carbocycles. The zero-order valence-corrected chi connectivity index (χ0v) is 7.75. The summed E-state index contributed by atoms with van der Waals surface area (Å²) in [7, 11) is 0. The first-order valence-corrected chi connectivity index (χ1v) is 4.83. The van der Waals surface area contributed by atoms with Crippen LogP contribution >= 0.6 is 11.3 Å². The Balaban J connectivity index is 2.10.